The van der Waals surface area contributed by atoms with Gasteiger partial charge in [-0.3, -0.25) is 0 Å². The number of nitrogens with one attached hydrogen (secondary N) is 1. The first-order chi connectivity index (χ1) is 11.7. The van der Waals surface area contributed by atoms with E-state index in [9.17, 15) is 0 Å². The van der Waals surface area contributed by atoms with Crippen molar-refractivity contribution >= 4 is 16.7 Å². The first-order valence-corrected chi connectivity index (χ1v) is 7.81. The third-order valence-corrected chi connectivity index (χ3v) is 4.13. The number of anilines is 1. The van der Waals surface area contributed by atoms with E-state index in [1.54, 1.807) is 7.11 Å². The first kappa shape index (κ1) is 14.6. The summed E-state index contributed by atoms with van der Waals surface area (Å²) in [5.74, 6) is 3.24. The first-order valence-electron chi connectivity index (χ1n) is 7.81. The quantitative estimate of drug-likeness (QED) is 0.789. The summed E-state index contributed by atoms with van der Waals surface area (Å²) in [5, 5.41) is 4.50. The smallest absolute Gasteiger partial charge is 0.231 e. The number of fused-ring (bicyclic) bond motifs is 2. The number of hydrogen-bond donors (Lipinski definition) is 1. The number of aromatic nitrogens is 1. The highest BCUT2D eigenvalue weighted by molar-refractivity contribution is 5.85. The number of aryl methyl sites for hydroxylation is 1. The molecule has 122 valence electrons. The van der Waals surface area contributed by atoms with E-state index in [2.05, 4.69) is 23.3 Å². The molecule has 0 spiro atoms. The molecule has 2 heterocycles. The highest BCUT2D eigenvalue weighted by Crippen LogP contribution is 2.32. The molecule has 0 radical (unpaired) electrons. The minimum absolute atomic E-state index is 0.291. The highest BCUT2D eigenvalue weighted by atomic mass is 16.7. The van der Waals surface area contributed by atoms with E-state index in [-0.39, 0.29) is 0 Å². The predicted octanol–water partition coefficient (Wildman–Crippen LogP) is 3.89. The van der Waals surface area contributed by atoms with E-state index in [0.29, 0.717) is 13.3 Å². The molecule has 1 aliphatic heterocycles. The molecule has 0 saturated carbocycles. The molecule has 1 N–H and O–H groups in total. The molecule has 0 amide bonds. The molecule has 5 heteroatoms. The van der Waals surface area contributed by atoms with Crippen molar-refractivity contribution in [1.29, 1.82) is 0 Å². The topological polar surface area (TPSA) is 52.6 Å². The molecule has 4 rings (SSSR count). The van der Waals surface area contributed by atoms with Gasteiger partial charge in [0.2, 0.25) is 6.79 Å². The van der Waals surface area contributed by atoms with Gasteiger partial charge in [-0.1, -0.05) is 6.07 Å². The fourth-order valence-electron chi connectivity index (χ4n) is 2.84. The van der Waals surface area contributed by atoms with Gasteiger partial charge in [-0.05, 0) is 48.4 Å². The molecule has 5 nitrogen and oxygen atoms in total. The average molecular weight is 322 g/mol. The molecule has 0 bridgehead atoms. The van der Waals surface area contributed by atoms with Gasteiger partial charge < -0.3 is 19.5 Å². The lowest BCUT2D eigenvalue weighted by Crippen LogP contribution is -2.02. The summed E-state index contributed by atoms with van der Waals surface area (Å²) < 4.78 is 16.0. The molecule has 0 fully saturated rings. The summed E-state index contributed by atoms with van der Waals surface area (Å²) in [7, 11) is 1.66. The zero-order chi connectivity index (χ0) is 16.5. The van der Waals surface area contributed by atoms with E-state index >= 15 is 0 Å². The van der Waals surface area contributed by atoms with E-state index in [1.807, 2.05) is 36.4 Å². The van der Waals surface area contributed by atoms with Crippen LogP contribution in [-0.4, -0.2) is 18.9 Å². The number of rotatable bonds is 4. The number of ether oxygens (including phenoxy) is 3. The van der Waals surface area contributed by atoms with Crippen LogP contribution in [0.2, 0.25) is 0 Å². The fraction of sp³-hybridized carbons (Fsp3) is 0.211. The molecule has 1 aliphatic rings. The maximum atomic E-state index is 5.41. The zero-order valence-electron chi connectivity index (χ0n) is 13.6. The van der Waals surface area contributed by atoms with Crippen LogP contribution in [0.25, 0.3) is 10.9 Å². The fourth-order valence-corrected chi connectivity index (χ4v) is 2.84. The van der Waals surface area contributed by atoms with Crippen molar-refractivity contribution in [2.24, 2.45) is 0 Å². The van der Waals surface area contributed by atoms with Crippen molar-refractivity contribution in [3.63, 3.8) is 0 Å². The molecular formula is C19H18N2O3. The van der Waals surface area contributed by atoms with Crippen LogP contribution in [0.1, 0.15) is 11.1 Å². The second-order valence-electron chi connectivity index (χ2n) is 5.75. The van der Waals surface area contributed by atoms with Crippen molar-refractivity contribution in [2.75, 3.05) is 19.2 Å². The Morgan fingerprint density at radius 3 is 2.83 bits per heavy atom. The Morgan fingerprint density at radius 2 is 1.96 bits per heavy atom. The van der Waals surface area contributed by atoms with Gasteiger partial charge in [-0.15, -0.1) is 0 Å². The largest absolute Gasteiger partial charge is 0.497 e. The maximum absolute atomic E-state index is 5.41. The summed E-state index contributed by atoms with van der Waals surface area (Å²) in [6, 6.07) is 14.0. The third kappa shape index (κ3) is 2.69. The van der Waals surface area contributed by atoms with Gasteiger partial charge in [-0.25, -0.2) is 4.98 Å². The van der Waals surface area contributed by atoms with Gasteiger partial charge in [-0.2, -0.15) is 0 Å². The lowest BCUT2D eigenvalue weighted by Gasteiger charge is -2.10. The molecule has 1 aromatic heterocycles. The van der Waals surface area contributed by atoms with Gasteiger partial charge in [0, 0.05) is 18.0 Å². The normalized spacial score (nSPS) is 12.4. The maximum Gasteiger partial charge on any atom is 0.231 e. The zero-order valence-corrected chi connectivity index (χ0v) is 13.6. The number of nitrogens with zero attached hydrogens (tertiary/aromatic N) is 1. The Hall–Kier alpha value is -2.95. The predicted molar refractivity (Wildman–Crippen MR) is 92.9 cm³/mol. The molecule has 2 aromatic carbocycles. The molecule has 24 heavy (non-hydrogen) atoms. The summed E-state index contributed by atoms with van der Waals surface area (Å²) in [6.45, 7) is 3.04. The SMILES string of the molecule is COc1ccc2c(C)cc(NCc3ccc4c(c3)OCO4)nc2c1. The van der Waals surface area contributed by atoms with Crippen LogP contribution in [-0.2, 0) is 6.54 Å². The Labute approximate surface area is 140 Å². The van der Waals surface area contributed by atoms with Crippen LogP contribution < -0.4 is 19.5 Å². The van der Waals surface area contributed by atoms with E-state index in [0.717, 1.165) is 39.5 Å². The summed E-state index contributed by atoms with van der Waals surface area (Å²) in [6.07, 6.45) is 0. The third-order valence-electron chi connectivity index (χ3n) is 4.13. The van der Waals surface area contributed by atoms with E-state index < -0.39 is 0 Å². The van der Waals surface area contributed by atoms with E-state index in [4.69, 9.17) is 14.2 Å². The van der Waals surface area contributed by atoms with Gasteiger partial charge in [0.25, 0.3) is 0 Å². The van der Waals surface area contributed by atoms with Gasteiger partial charge in [0.15, 0.2) is 11.5 Å². The highest BCUT2D eigenvalue weighted by Gasteiger charge is 2.13. The number of benzene rings is 2. The second kappa shape index (κ2) is 5.92. The Bertz CT molecular complexity index is 908. The number of methoxy groups -OCH3 is 1. The van der Waals surface area contributed by atoms with Crippen molar-refractivity contribution in [3.05, 3.63) is 53.6 Å². The molecule has 0 unspecified atom stereocenters. The Balaban J connectivity index is 1.58. The minimum atomic E-state index is 0.291. The minimum Gasteiger partial charge on any atom is -0.497 e. The van der Waals surface area contributed by atoms with Gasteiger partial charge in [0.05, 0.1) is 12.6 Å². The summed E-state index contributed by atoms with van der Waals surface area (Å²) in [4.78, 5) is 4.69. The van der Waals surface area contributed by atoms with Crippen LogP contribution in [0, 0.1) is 6.92 Å². The number of pyridine rings is 1. The van der Waals surface area contributed by atoms with Gasteiger partial charge >= 0.3 is 0 Å². The molecule has 0 aliphatic carbocycles. The monoisotopic (exact) mass is 322 g/mol. The average Bonchev–Trinajstić information content (AvgIpc) is 3.07. The Morgan fingerprint density at radius 1 is 1.08 bits per heavy atom. The van der Waals surface area contributed by atoms with Crippen LogP contribution in [0.15, 0.2) is 42.5 Å². The molecule has 0 saturated heterocycles. The number of hydrogen-bond acceptors (Lipinski definition) is 5. The molecule has 3 aromatic rings. The van der Waals surface area contributed by atoms with Gasteiger partial charge in [0.1, 0.15) is 11.6 Å². The van der Waals surface area contributed by atoms with Crippen molar-refractivity contribution in [3.8, 4) is 17.2 Å². The molecule has 0 atom stereocenters. The Kier molecular flexibility index (Phi) is 3.61. The summed E-state index contributed by atoms with van der Waals surface area (Å²) in [5.41, 5.74) is 3.21. The standard InChI is InChI=1S/C19H18N2O3/c1-12-7-19(21-16-9-14(22-2)4-5-15(12)16)20-10-13-3-6-17-18(8-13)24-11-23-17/h3-9H,10-11H2,1-2H3,(H,20,21). The van der Waals surface area contributed by atoms with Crippen LogP contribution in [0.3, 0.4) is 0 Å². The van der Waals surface area contributed by atoms with Crippen LogP contribution in [0.4, 0.5) is 5.82 Å². The van der Waals surface area contributed by atoms with E-state index in [1.165, 1.54) is 5.56 Å². The van der Waals surface area contributed by atoms with Crippen LogP contribution in [0.5, 0.6) is 17.2 Å². The van der Waals surface area contributed by atoms with Crippen LogP contribution >= 0.6 is 0 Å². The lowest BCUT2D eigenvalue weighted by molar-refractivity contribution is 0.174. The molecular weight excluding hydrogens is 304 g/mol. The van der Waals surface area contributed by atoms with Crippen molar-refractivity contribution < 1.29 is 14.2 Å². The summed E-state index contributed by atoms with van der Waals surface area (Å²) >= 11 is 0. The second-order valence-corrected chi connectivity index (χ2v) is 5.75. The lowest BCUT2D eigenvalue weighted by atomic mass is 10.1. The van der Waals surface area contributed by atoms with Crippen molar-refractivity contribution in [1.82, 2.24) is 4.98 Å². The van der Waals surface area contributed by atoms with Crippen molar-refractivity contribution in [2.45, 2.75) is 13.5 Å².